The van der Waals surface area contributed by atoms with Crippen molar-refractivity contribution in [3.05, 3.63) is 60.2 Å². The highest BCUT2D eigenvalue weighted by atomic mass is 16.5. The molecule has 1 amide bonds. The molecule has 124 valence electrons. The topological polar surface area (TPSA) is 75.6 Å². The molecule has 1 aliphatic rings. The molecule has 0 spiro atoms. The Morgan fingerprint density at radius 3 is 2.50 bits per heavy atom. The summed E-state index contributed by atoms with van der Waals surface area (Å²) >= 11 is 0. The minimum absolute atomic E-state index is 0.00161. The largest absolute Gasteiger partial charge is 0.482 e. The van der Waals surface area contributed by atoms with Crippen LogP contribution in [0.25, 0.3) is 0 Å². The third-order valence-electron chi connectivity index (χ3n) is 4.17. The number of carbonyl (C=O) groups is 2. The minimum atomic E-state index is -1.04. The van der Waals surface area contributed by atoms with Gasteiger partial charge in [0.2, 0.25) is 5.91 Å². The van der Waals surface area contributed by atoms with Gasteiger partial charge in [-0.1, -0.05) is 36.4 Å². The molecule has 0 heterocycles. The number of carbonyl (C=O) groups excluding carboxylic acids is 1. The van der Waals surface area contributed by atoms with Gasteiger partial charge in [0, 0.05) is 11.8 Å². The van der Waals surface area contributed by atoms with Crippen LogP contribution in [-0.4, -0.2) is 23.6 Å². The first kappa shape index (κ1) is 16.1. The summed E-state index contributed by atoms with van der Waals surface area (Å²) in [7, 11) is 0. The van der Waals surface area contributed by atoms with E-state index in [-0.39, 0.29) is 11.3 Å². The molecule has 0 unspecified atom stereocenters. The van der Waals surface area contributed by atoms with Gasteiger partial charge in [-0.15, -0.1) is 0 Å². The first-order valence-corrected chi connectivity index (χ1v) is 7.87. The standard InChI is InChI=1S/C19H19NO4/c21-17(22)13-24-16-8-4-7-15(11-16)20-18(23)19(9-10-19)12-14-5-2-1-3-6-14/h1-8,11H,9-10,12-13H2,(H,20,23)(H,21,22). The van der Waals surface area contributed by atoms with E-state index in [0.29, 0.717) is 11.4 Å². The second-order valence-electron chi connectivity index (χ2n) is 6.11. The van der Waals surface area contributed by atoms with Gasteiger partial charge in [0.05, 0.1) is 5.41 Å². The van der Waals surface area contributed by atoms with Crippen LogP contribution in [-0.2, 0) is 16.0 Å². The average molecular weight is 325 g/mol. The van der Waals surface area contributed by atoms with Gasteiger partial charge in [0.1, 0.15) is 5.75 Å². The van der Waals surface area contributed by atoms with E-state index in [1.807, 2.05) is 30.3 Å². The van der Waals surface area contributed by atoms with E-state index in [0.717, 1.165) is 24.8 Å². The molecule has 1 aliphatic carbocycles. The van der Waals surface area contributed by atoms with Crippen molar-refractivity contribution in [3.8, 4) is 5.75 Å². The Balaban J connectivity index is 1.64. The van der Waals surface area contributed by atoms with E-state index in [9.17, 15) is 9.59 Å². The van der Waals surface area contributed by atoms with Gasteiger partial charge in [-0.05, 0) is 37.0 Å². The lowest BCUT2D eigenvalue weighted by atomic mass is 9.95. The second-order valence-corrected chi connectivity index (χ2v) is 6.11. The molecule has 0 atom stereocenters. The Kier molecular flexibility index (Phi) is 4.51. The van der Waals surface area contributed by atoms with Gasteiger partial charge in [-0.25, -0.2) is 4.79 Å². The molecule has 0 aliphatic heterocycles. The summed E-state index contributed by atoms with van der Waals surface area (Å²) in [6.45, 7) is -0.407. The lowest BCUT2D eigenvalue weighted by molar-refractivity contribution is -0.139. The number of nitrogens with one attached hydrogen (secondary N) is 1. The van der Waals surface area contributed by atoms with Gasteiger partial charge >= 0.3 is 5.97 Å². The maximum absolute atomic E-state index is 12.6. The minimum Gasteiger partial charge on any atom is -0.482 e. The van der Waals surface area contributed by atoms with Gasteiger partial charge < -0.3 is 15.2 Å². The summed E-state index contributed by atoms with van der Waals surface area (Å²) in [5.74, 6) is -0.617. The van der Waals surface area contributed by atoms with Crippen molar-refractivity contribution >= 4 is 17.6 Å². The third kappa shape index (κ3) is 3.93. The van der Waals surface area contributed by atoms with Crippen LogP contribution in [0.3, 0.4) is 0 Å². The first-order valence-electron chi connectivity index (χ1n) is 7.87. The smallest absolute Gasteiger partial charge is 0.341 e. The highest BCUT2D eigenvalue weighted by Gasteiger charge is 2.49. The summed E-state index contributed by atoms with van der Waals surface area (Å²) in [5, 5.41) is 11.6. The number of amides is 1. The summed E-state index contributed by atoms with van der Waals surface area (Å²) in [5.41, 5.74) is 1.44. The van der Waals surface area contributed by atoms with Crippen LogP contribution in [0.1, 0.15) is 18.4 Å². The summed E-state index contributed by atoms with van der Waals surface area (Å²) in [6.07, 6.45) is 2.49. The third-order valence-corrected chi connectivity index (χ3v) is 4.17. The van der Waals surface area contributed by atoms with Crippen molar-refractivity contribution in [1.82, 2.24) is 0 Å². The monoisotopic (exact) mass is 325 g/mol. The Morgan fingerprint density at radius 2 is 1.83 bits per heavy atom. The molecule has 5 nitrogen and oxygen atoms in total. The zero-order valence-corrected chi connectivity index (χ0v) is 13.2. The van der Waals surface area contributed by atoms with Gasteiger partial charge in [-0.3, -0.25) is 4.79 Å². The molecule has 0 saturated heterocycles. The Morgan fingerprint density at radius 1 is 1.08 bits per heavy atom. The average Bonchev–Trinajstić information content (AvgIpc) is 3.35. The maximum Gasteiger partial charge on any atom is 0.341 e. The van der Waals surface area contributed by atoms with Crippen molar-refractivity contribution in [2.75, 3.05) is 11.9 Å². The number of rotatable bonds is 7. The number of benzene rings is 2. The van der Waals surface area contributed by atoms with Crippen LogP contribution in [0.15, 0.2) is 54.6 Å². The van der Waals surface area contributed by atoms with Gasteiger partial charge in [0.25, 0.3) is 0 Å². The van der Waals surface area contributed by atoms with Crippen molar-refractivity contribution in [2.24, 2.45) is 5.41 Å². The number of carboxylic acids is 1. The van der Waals surface area contributed by atoms with Crippen LogP contribution in [0.2, 0.25) is 0 Å². The Labute approximate surface area is 140 Å². The number of hydrogen-bond acceptors (Lipinski definition) is 3. The molecule has 3 rings (SSSR count). The van der Waals surface area contributed by atoms with Crippen molar-refractivity contribution in [2.45, 2.75) is 19.3 Å². The van der Waals surface area contributed by atoms with Crippen LogP contribution in [0.5, 0.6) is 5.75 Å². The van der Waals surface area contributed by atoms with Crippen LogP contribution in [0, 0.1) is 5.41 Å². The molecule has 24 heavy (non-hydrogen) atoms. The summed E-state index contributed by atoms with van der Waals surface area (Å²) < 4.78 is 5.14. The second kappa shape index (κ2) is 6.74. The van der Waals surface area contributed by atoms with Crippen LogP contribution < -0.4 is 10.1 Å². The van der Waals surface area contributed by atoms with E-state index >= 15 is 0 Å². The lowest BCUT2D eigenvalue weighted by Crippen LogP contribution is -2.26. The molecule has 0 radical (unpaired) electrons. The number of carboxylic acid groups (broad SMARTS) is 1. The molecule has 2 aromatic rings. The summed E-state index contributed by atoms with van der Waals surface area (Å²) in [6, 6.07) is 16.8. The number of aliphatic carboxylic acids is 1. The molecule has 2 N–H and O–H groups in total. The molecule has 5 heteroatoms. The highest BCUT2D eigenvalue weighted by Crippen LogP contribution is 2.49. The van der Waals surface area contributed by atoms with Crippen molar-refractivity contribution < 1.29 is 19.4 Å². The SMILES string of the molecule is O=C(O)COc1cccc(NC(=O)C2(Cc3ccccc3)CC2)c1. The molecule has 2 aromatic carbocycles. The summed E-state index contributed by atoms with van der Waals surface area (Å²) in [4.78, 5) is 23.2. The Bertz CT molecular complexity index is 738. The van der Waals surface area contributed by atoms with E-state index in [2.05, 4.69) is 5.32 Å². The van der Waals surface area contributed by atoms with Crippen molar-refractivity contribution in [1.29, 1.82) is 0 Å². The number of hydrogen-bond donors (Lipinski definition) is 2. The number of anilines is 1. The number of ether oxygens (including phenoxy) is 1. The molecule has 1 fully saturated rings. The highest BCUT2D eigenvalue weighted by molar-refractivity contribution is 5.97. The van der Waals surface area contributed by atoms with E-state index in [1.165, 1.54) is 0 Å². The molecule has 0 bridgehead atoms. The molecular weight excluding hydrogens is 306 g/mol. The maximum atomic E-state index is 12.6. The fourth-order valence-corrected chi connectivity index (χ4v) is 2.69. The van der Waals surface area contributed by atoms with E-state index < -0.39 is 12.6 Å². The first-order chi connectivity index (χ1) is 11.6. The molecule has 1 saturated carbocycles. The van der Waals surface area contributed by atoms with Gasteiger partial charge in [-0.2, -0.15) is 0 Å². The van der Waals surface area contributed by atoms with E-state index in [4.69, 9.17) is 9.84 Å². The van der Waals surface area contributed by atoms with Crippen LogP contribution in [0.4, 0.5) is 5.69 Å². The predicted octanol–water partition coefficient (Wildman–Crippen LogP) is 3.11. The normalized spacial score (nSPS) is 14.7. The molecular formula is C19H19NO4. The van der Waals surface area contributed by atoms with Crippen LogP contribution >= 0.6 is 0 Å². The Hall–Kier alpha value is -2.82. The van der Waals surface area contributed by atoms with Gasteiger partial charge in [0.15, 0.2) is 6.61 Å². The predicted molar refractivity (Wildman–Crippen MR) is 90.0 cm³/mol. The lowest BCUT2D eigenvalue weighted by Gasteiger charge is -2.16. The van der Waals surface area contributed by atoms with E-state index in [1.54, 1.807) is 24.3 Å². The zero-order valence-electron chi connectivity index (χ0n) is 13.2. The zero-order chi connectivity index (χ0) is 17.0. The van der Waals surface area contributed by atoms with Crippen molar-refractivity contribution in [3.63, 3.8) is 0 Å². The fraction of sp³-hybridized carbons (Fsp3) is 0.263. The fourth-order valence-electron chi connectivity index (χ4n) is 2.69. The quantitative estimate of drug-likeness (QED) is 0.820. The molecule has 0 aromatic heterocycles.